The molecule has 1 atom stereocenters. The average molecular weight is 380 g/mol. The molecular weight excluding hydrogens is 364 g/mol. The molecule has 0 radical (unpaired) electrons. The fourth-order valence-corrected chi connectivity index (χ4v) is 3.66. The molecule has 4 heterocycles. The minimum Gasteiger partial charge on any atom is -0.485 e. The van der Waals surface area contributed by atoms with E-state index in [4.69, 9.17) is 14.5 Å². The zero-order valence-electron chi connectivity index (χ0n) is 15.4. The summed E-state index contributed by atoms with van der Waals surface area (Å²) in [6.45, 7) is 0.391. The predicted molar refractivity (Wildman–Crippen MR) is 110 cm³/mol. The quantitative estimate of drug-likeness (QED) is 0.481. The lowest BCUT2D eigenvalue weighted by Gasteiger charge is -2.25. The van der Waals surface area contributed by atoms with Gasteiger partial charge in [-0.2, -0.15) is 0 Å². The molecule has 3 aromatic heterocycles. The highest BCUT2D eigenvalue weighted by Gasteiger charge is 2.26. The van der Waals surface area contributed by atoms with E-state index in [9.17, 15) is 0 Å². The van der Waals surface area contributed by atoms with Crippen LogP contribution in [0.3, 0.4) is 0 Å². The summed E-state index contributed by atoms with van der Waals surface area (Å²) in [5.41, 5.74) is 3.57. The number of hydrogen-bond donors (Lipinski definition) is 1. The number of pyridine rings is 2. The van der Waals surface area contributed by atoms with Crippen molar-refractivity contribution in [1.29, 1.82) is 0 Å². The molecule has 0 aliphatic carbocycles. The minimum atomic E-state index is -0.317. The second-order valence-corrected chi connectivity index (χ2v) is 7.01. The predicted octanol–water partition coefficient (Wildman–Crippen LogP) is 4.69. The fraction of sp³-hybridized carbons (Fsp3) is 0.0870. The van der Waals surface area contributed by atoms with Gasteiger partial charge in [0.25, 0.3) is 0 Å². The molecule has 0 spiro atoms. The van der Waals surface area contributed by atoms with Crippen LogP contribution in [0.5, 0.6) is 11.5 Å². The maximum Gasteiger partial charge on any atom is 0.190 e. The molecule has 5 aromatic rings. The molecule has 1 unspecified atom stereocenters. The van der Waals surface area contributed by atoms with Crippen LogP contribution in [0, 0.1) is 0 Å². The Bertz CT molecular complexity index is 1350. The summed E-state index contributed by atoms with van der Waals surface area (Å²) < 4.78 is 12.2. The van der Waals surface area contributed by atoms with Crippen LogP contribution in [0.4, 0.5) is 0 Å². The Labute approximate surface area is 166 Å². The van der Waals surface area contributed by atoms with Gasteiger partial charge < -0.3 is 14.5 Å². The highest BCUT2D eigenvalue weighted by molar-refractivity contribution is 5.86. The minimum absolute atomic E-state index is 0.317. The maximum absolute atomic E-state index is 6.22. The molecule has 6 rings (SSSR count). The molecule has 6 nitrogen and oxygen atoms in total. The third-order valence-electron chi connectivity index (χ3n) is 5.15. The van der Waals surface area contributed by atoms with Gasteiger partial charge in [-0.3, -0.25) is 4.98 Å². The second kappa shape index (κ2) is 6.31. The zero-order valence-corrected chi connectivity index (χ0v) is 15.4. The van der Waals surface area contributed by atoms with Crippen LogP contribution in [0.25, 0.3) is 33.1 Å². The molecule has 140 valence electrons. The van der Waals surface area contributed by atoms with Gasteiger partial charge >= 0.3 is 0 Å². The average Bonchev–Trinajstić information content (AvgIpc) is 3.21. The maximum atomic E-state index is 6.22. The van der Waals surface area contributed by atoms with Crippen LogP contribution >= 0.6 is 0 Å². The van der Waals surface area contributed by atoms with Gasteiger partial charge in [0.05, 0.1) is 0 Å². The lowest BCUT2D eigenvalue weighted by atomic mass is 10.1. The Hall–Kier alpha value is -3.93. The van der Waals surface area contributed by atoms with Crippen molar-refractivity contribution < 1.29 is 9.47 Å². The zero-order chi connectivity index (χ0) is 19.2. The highest BCUT2D eigenvalue weighted by Crippen LogP contribution is 2.39. The lowest BCUT2D eigenvalue weighted by Crippen LogP contribution is -2.22. The summed E-state index contributed by atoms with van der Waals surface area (Å²) >= 11 is 0. The molecule has 1 aliphatic heterocycles. The van der Waals surface area contributed by atoms with E-state index in [-0.39, 0.29) is 6.10 Å². The third-order valence-corrected chi connectivity index (χ3v) is 5.15. The van der Waals surface area contributed by atoms with Gasteiger partial charge in [-0.25, -0.2) is 9.97 Å². The molecule has 0 saturated carbocycles. The van der Waals surface area contributed by atoms with Crippen LogP contribution in [-0.2, 0) is 0 Å². The Morgan fingerprint density at radius 2 is 1.69 bits per heavy atom. The topological polar surface area (TPSA) is 72.9 Å². The Morgan fingerprint density at radius 1 is 0.897 bits per heavy atom. The van der Waals surface area contributed by atoms with E-state index >= 15 is 0 Å². The first-order valence-corrected chi connectivity index (χ1v) is 9.42. The van der Waals surface area contributed by atoms with E-state index in [0.717, 1.165) is 44.6 Å². The fourth-order valence-electron chi connectivity index (χ4n) is 3.66. The van der Waals surface area contributed by atoms with Gasteiger partial charge in [0, 0.05) is 24.2 Å². The van der Waals surface area contributed by atoms with Crippen LogP contribution in [0.15, 0.2) is 73.2 Å². The number of H-pyrrole nitrogens is 1. The summed E-state index contributed by atoms with van der Waals surface area (Å²) in [6, 6.07) is 18.1. The second-order valence-electron chi connectivity index (χ2n) is 7.01. The summed E-state index contributed by atoms with van der Waals surface area (Å²) in [7, 11) is 0. The van der Waals surface area contributed by atoms with E-state index in [1.54, 1.807) is 12.4 Å². The molecular formula is C23H16N4O2. The number of imidazole rings is 1. The first-order valence-electron chi connectivity index (χ1n) is 9.42. The Kier molecular flexibility index (Phi) is 3.49. The SMILES string of the molecule is c1ccc2cc3c(cc2c1)OCC(c1nc2cc(-c4ccncc4)cnc2[nH]1)O3. The molecule has 1 N–H and O–H groups in total. The first-order chi connectivity index (χ1) is 14.3. The van der Waals surface area contributed by atoms with Crippen molar-refractivity contribution in [3.8, 4) is 22.6 Å². The van der Waals surface area contributed by atoms with Gasteiger partial charge in [-0.15, -0.1) is 0 Å². The van der Waals surface area contributed by atoms with Crippen LogP contribution in [0.1, 0.15) is 11.9 Å². The van der Waals surface area contributed by atoms with Gasteiger partial charge in [0.15, 0.2) is 29.1 Å². The number of nitrogens with one attached hydrogen (secondary N) is 1. The van der Waals surface area contributed by atoms with Gasteiger partial charge in [-0.05, 0) is 46.7 Å². The molecule has 2 aromatic carbocycles. The summed E-state index contributed by atoms with van der Waals surface area (Å²) in [4.78, 5) is 16.6. The van der Waals surface area contributed by atoms with Crippen molar-refractivity contribution in [1.82, 2.24) is 19.9 Å². The van der Waals surface area contributed by atoms with Gasteiger partial charge in [-0.1, -0.05) is 24.3 Å². The van der Waals surface area contributed by atoms with Crippen molar-refractivity contribution >= 4 is 21.9 Å². The molecule has 0 bridgehead atoms. The molecule has 1 aliphatic rings. The van der Waals surface area contributed by atoms with Crippen molar-refractivity contribution in [2.75, 3.05) is 6.61 Å². The monoisotopic (exact) mass is 380 g/mol. The lowest BCUT2D eigenvalue weighted by molar-refractivity contribution is 0.0862. The normalized spacial score (nSPS) is 15.7. The third kappa shape index (κ3) is 2.77. The highest BCUT2D eigenvalue weighted by atomic mass is 16.6. The van der Waals surface area contributed by atoms with E-state index in [1.807, 2.05) is 48.7 Å². The Balaban J connectivity index is 1.34. The van der Waals surface area contributed by atoms with Crippen molar-refractivity contribution in [2.45, 2.75) is 6.10 Å². The number of rotatable bonds is 2. The summed E-state index contributed by atoms with van der Waals surface area (Å²) in [5, 5.41) is 2.24. The molecule has 29 heavy (non-hydrogen) atoms. The largest absolute Gasteiger partial charge is 0.485 e. The molecule has 0 fully saturated rings. The van der Waals surface area contributed by atoms with Crippen molar-refractivity contribution in [3.05, 3.63) is 79.0 Å². The number of aromatic amines is 1. The number of ether oxygens (including phenoxy) is 2. The summed E-state index contributed by atoms with van der Waals surface area (Å²) in [6.07, 6.45) is 5.05. The summed E-state index contributed by atoms with van der Waals surface area (Å²) in [5.74, 6) is 2.19. The number of nitrogens with zero attached hydrogens (tertiary/aromatic N) is 3. The van der Waals surface area contributed by atoms with E-state index in [2.05, 4.69) is 27.1 Å². The molecule has 0 saturated heterocycles. The van der Waals surface area contributed by atoms with E-state index in [1.165, 1.54) is 0 Å². The van der Waals surface area contributed by atoms with Gasteiger partial charge in [0.1, 0.15) is 12.1 Å². The molecule has 6 heteroatoms. The van der Waals surface area contributed by atoms with Crippen LogP contribution < -0.4 is 9.47 Å². The van der Waals surface area contributed by atoms with Crippen molar-refractivity contribution in [2.24, 2.45) is 0 Å². The van der Waals surface area contributed by atoms with Crippen LogP contribution in [0.2, 0.25) is 0 Å². The number of fused-ring (bicyclic) bond motifs is 3. The van der Waals surface area contributed by atoms with E-state index < -0.39 is 0 Å². The number of benzene rings is 2. The first kappa shape index (κ1) is 16.1. The van der Waals surface area contributed by atoms with E-state index in [0.29, 0.717) is 12.4 Å². The van der Waals surface area contributed by atoms with Crippen molar-refractivity contribution in [3.63, 3.8) is 0 Å². The number of hydrogen-bond acceptors (Lipinski definition) is 5. The number of aromatic nitrogens is 4. The standard InChI is InChI=1S/C23H16N4O2/c1-2-4-16-11-20-19(10-15(16)3-1)28-13-21(29-20)23-26-18-9-17(12-25-22(18)27-23)14-5-7-24-8-6-14/h1-12,21H,13H2,(H,25,26,27). The smallest absolute Gasteiger partial charge is 0.190 e. The Morgan fingerprint density at radius 3 is 2.52 bits per heavy atom. The molecule has 0 amide bonds. The van der Waals surface area contributed by atoms with Gasteiger partial charge in [0.2, 0.25) is 0 Å². The van der Waals surface area contributed by atoms with Crippen LogP contribution in [-0.4, -0.2) is 26.5 Å².